The van der Waals surface area contributed by atoms with E-state index < -0.39 is 10.0 Å². The van der Waals surface area contributed by atoms with Crippen LogP contribution in [0.25, 0.3) is 32.4 Å². The Morgan fingerprint density at radius 3 is 2.02 bits per heavy atom. The van der Waals surface area contributed by atoms with Gasteiger partial charge in [-0.2, -0.15) is 4.31 Å². The lowest BCUT2D eigenvalue weighted by atomic mass is 10.1. The van der Waals surface area contributed by atoms with E-state index in [9.17, 15) is 8.42 Å². The number of fused-ring (bicyclic) bond motifs is 2. The van der Waals surface area contributed by atoms with Crippen LogP contribution < -0.4 is 10.6 Å². The predicted molar refractivity (Wildman–Crippen MR) is 183 cm³/mol. The van der Waals surface area contributed by atoms with Crippen LogP contribution in [-0.2, 0) is 10.0 Å². The molecule has 0 unspecified atom stereocenters. The number of benzene rings is 2. The van der Waals surface area contributed by atoms with E-state index in [1.807, 2.05) is 62.4 Å². The van der Waals surface area contributed by atoms with Gasteiger partial charge in [-0.3, -0.25) is 9.97 Å². The van der Waals surface area contributed by atoms with Gasteiger partial charge < -0.3 is 15.2 Å². The van der Waals surface area contributed by atoms with Crippen LogP contribution in [0.2, 0.25) is 10.0 Å². The summed E-state index contributed by atoms with van der Waals surface area (Å²) in [5.41, 5.74) is 5.74. The third kappa shape index (κ3) is 7.08. The second-order valence-corrected chi connectivity index (χ2v) is 14.7. The van der Waals surface area contributed by atoms with Crippen LogP contribution in [0.3, 0.4) is 0 Å². The summed E-state index contributed by atoms with van der Waals surface area (Å²) < 4.78 is 34.7. The third-order valence-electron chi connectivity index (χ3n) is 7.24. The standard InChI is InChI=1S/C32H30Cl2N6O3S2/c1-20-16-29(24-18-22(33)4-6-26(24)37-20)35-11-3-13-40(45(41,42)32-9-8-31(44-32)28-10-15-43-39-28)14-12-36-30-17-21(2)38-27-7-5-23(34)19-25(27)30/h4-10,15-19H,3,11-14H2,1-2H3,(H,35,37)(H,36,38). The van der Waals surface area contributed by atoms with Crippen LogP contribution in [0.15, 0.2) is 81.7 Å². The lowest BCUT2D eigenvalue weighted by Crippen LogP contribution is -2.36. The predicted octanol–water partition coefficient (Wildman–Crippen LogP) is 8.03. The molecule has 2 N–H and O–H groups in total. The summed E-state index contributed by atoms with van der Waals surface area (Å²) >= 11 is 13.7. The number of sulfonamides is 1. The zero-order chi connectivity index (χ0) is 31.6. The maximum absolute atomic E-state index is 14.0. The maximum atomic E-state index is 14.0. The molecule has 0 radical (unpaired) electrons. The zero-order valence-electron chi connectivity index (χ0n) is 24.5. The molecule has 6 rings (SSSR count). The fourth-order valence-corrected chi connectivity index (χ4v) is 8.41. The van der Waals surface area contributed by atoms with Gasteiger partial charge in [0.05, 0.1) is 15.9 Å². The zero-order valence-corrected chi connectivity index (χ0v) is 27.7. The molecule has 0 fully saturated rings. The Morgan fingerprint density at radius 2 is 1.42 bits per heavy atom. The molecule has 0 saturated carbocycles. The Morgan fingerprint density at radius 1 is 0.800 bits per heavy atom. The minimum Gasteiger partial charge on any atom is -0.384 e. The number of nitrogens with one attached hydrogen (secondary N) is 2. The molecule has 232 valence electrons. The van der Waals surface area contributed by atoms with Crippen molar-refractivity contribution in [3.63, 3.8) is 0 Å². The molecule has 0 bridgehead atoms. The molecule has 45 heavy (non-hydrogen) atoms. The van der Waals surface area contributed by atoms with Crippen molar-refractivity contribution in [2.75, 3.05) is 36.8 Å². The van der Waals surface area contributed by atoms with Gasteiger partial charge in [0, 0.05) is 75.8 Å². The molecule has 0 atom stereocenters. The molecule has 9 nitrogen and oxygen atoms in total. The summed E-state index contributed by atoms with van der Waals surface area (Å²) in [6.07, 6.45) is 2.03. The highest BCUT2D eigenvalue weighted by atomic mass is 35.5. The van der Waals surface area contributed by atoms with Crippen LogP contribution in [-0.4, -0.2) is 54.0 Å². The van der Waals surface area contributed by atoms with E-state index in [2.05, 4.69) is 25.8 Å². The number of anilines is 2. The third-order valence-corrected chi connectivity index (χ3v) is 11.2. The van der Waals surface area contributed by atoms with Crippen molar-refractivity contribution in [1.82, 2.24) is 19.4 Å². The maximum Gasteiger partial charge on any atom is 0.252 e. The van der Waals surface area contributed by atoms with E-state index in [0.29, 0.717) is 41.8 Å². The number of hydrogen-bond acceptors (Lipinski definition) is 9. The van der Waals surface area contributed by atoms with E-state index in [1.54, 1.807) is 18.2 Å². The molecule has 0 amide bonds. The van der Waals surface area contributed by atoms with Crippen molar-refractivity contribution in [3.8, 4) is 10.6 Å². The summed E-state index contributed by atoms with van der Waals surface area (Å²) in [6, 6.07) is 20.2. The minimum absolute atomic E-state index is 0.246. The molecule has 6 aromatic rings. The van der Waals surface area contributed by atoms with E-state index in [0.717, 1.165) is 49.4 Å². The van der Waals surface area contributed by atoms with Gasteiger partial charge in [0.25, 0.3) is 10.0 Å². The van der Waals surface area contributed by atoms with Gasteiger partial charge >= 0.3 is 0 Å². The molecule has 4 aromatic heterocycles. The second kappa shape index (κ2) is 13.3. The quantitative estimate of drug-likeness (QED) is 0.125. The Hall–Kier alpha value is -3.74. The molecule has 0 saturated heterocycles. The van der Waals surface area contributed by atoms with E-state index >= 15 is 0 Å². The number of hydrogen-bond donors (Lipinski definition) is 2. The van der Waals surface area contributed by atoms with Gasteiger partial charge in [0.1, 0.15) is 16.2 Å². The smallest absolute Gasteiger partial charge is 0.252 e. The molecular formula is C32H30Cl2N6O3S2. The van der Waals surface area contributed by atoms with Crippen LogP contribution in [0.1, 0.15) is 17.8 Å². The van der Waals surface area contributed by atoms with Crippen LogP contribution in [0.5, 0.6) is 0 Å². The van der Waals surface area contributed by atoms with Crippen molar-refractivity contribution in [1.29, 1.82) is 0 Å². The largest absolute Gasteiger partial charge is 0.384 e. The van der Waals surface area contributed by atoms with Gasteiger partial charge in [-0.25, -0.2) is 8.42 Å². The van der Waals surface area contributed by atoms with Crippen molar-refractivity contribution in [2.45, 2.75) is 24.5 Å². The first kappa shape index (κ1) is 31.3. The number of rotatable bonds is 12. The number of nitrogens with zero attached hydrogens (tertiary/aromatic N) is 4. The van der Waals surface area contributed by atoms with Gasteiger partial charge in [-0.05, 0) is 80.9 Å². The minimum atomic E-state index is -3.81. The number of halogens is 2. The summed E-state index contributed by atoms with van der Waals surface area (Å²) in [5, 5.41) is 13.9. The van der Waals surface area contributed by atoms with Gasteiger partial charge in [-0.15, -0.1) is 11.3 Å². The van der Waals surface area contributed by atoms with Crippen LogP contribution in [0, 0.1) is 13.8 Å². The Bertz CT molecular complexity index is 2080. The number of pyridine rings is 2. The van der Waals surface area contributed by atoms with Gasteiger partial charge in [0.15, 0.2) is 0 Å². The topological polar surface area (TPSA) is 113 Å². The highest BCUT2D eigenvalue weighted by molar-refractivity contribution is 7.91. The second-order valence-electron chi connectivity index (χ2n) is 10.6. The molecule has 13 heteroatoms. The molecule has 0 aliphatic rings. The fourth-order valence-electron chi connectivity index (χ4n) is 5.16. The normalized spacial score (nSPS) is 11.9. The average Bonchev–Trinajstić information content (AvgIpc) is 3.72. The van der Waals surface area contributed by atoms with Crippen LogP contribution in [0.4, 0.5) is 11.4 Å². The van der Waals surface area contributed by atoms with Gasteiger partial charge in [-0.1, -0.05) is 28.4 Å². The highest BCUT2D eigenvalue weighted by Gasteiger charge is 2.26. The molecular weight excluding hydrogens is 651 g/mol. The monoisotopic (exact) mass is 680 g/mol. The lowest BCUT2D eigenvalue weighted by molar-refractivity contribution is 0.420. The lowest BCUT2D eigenvalue weighted by Gasteiger charge is -2.22. The number of aryl methyl sites for hydroxylation is 2. The highest BCUT2D eigenvalue weighted by Crippen LogP contribution is 2.32. The molecule has 2 aromatic carbocycles. The van der Waals surface area contributed by atoms with Crippen molar-refractivity contribution in [2.24, 2.45) is 0 Å². The van der Waals surface area contributed by atoms with E-state index in [1.165, 1.54) is 21.9 Å². The molecule has 0 aliphatic carbocycles. The van der Waals surface area contributed by atoms with Crippen molar-refractivity contribution in [3.05, 3.63) is 94.4 Å². The Balaban J connectivity index is 1.20. The van der Waals surface area contributed by atoms with Crippen molar-refractivity contribution >= 4 is 77.7 Å². The summed E-state index contributed by atoms with van der Waals surface area (Å²) in [5.74, 6) is 0. The van der Waals surface area contributed by atoms with Crippen molar-refractivity contribution < 1.29 is 12.9 Å². The van der Waals surface area contributed by atoms with Gasteiger partial charge in [0.2, 0.25) is 0 Å². The molecule has 0 aliphatic heterocycles. The van der Waals surface area contributed by atoms with Crippen LogP contribution >= 0.6 is 34.5 Å². The summed E-state index contributed by atoms with van der Waals surface area (Å²) in [7, 11) is -3.81. The Kier molecular flexibility index (Phi) is 9.25. The molecule has 0 spiro atoms. The first-order chi connectivity index (χ1) is 21.7. The summed E-state index contributed by atoms with van der Waals surface area (Å²) in [4.78, 5) is 9.91. The number of thiophene rings is 1. The summed E-state index contributed by atoms with van der Waals surface area (Å²) in [6.45, 7) is 5.34. The average molecular weight is 682 g/mol. The molecule has 4 heterocycles. The SMILES string of the molecule is Cc1cc(NCCCN(CCNc2cc(C)nc3ccc(Cl)cc23)S(=O)(=O)c2ccc(-c3ccon3)s2)c2cc(Cl)ccc2n1. The Labute approximate surface area is 275 Å². The number of aromatic nitrogens is 3. The first-order valence-corrected chi connectivity index (χ1v) is 17.3. The fraction of sp³-hybridized carbons (Fsp3) is 0.219. The van der Waals surface area contributed by atoms with E-state index in [4.69, 9.17) is 27.7 Å². The van der Waals surface area contributed by atoms with E-state index in [-0.39, 0.29) is 10.8 Å². The first-order valence-electron chi connectivity index (χ1n) is 14.3.